The van der Waals surface area contributed by atoms with Gasteiger partial charge < -0.3 is 9.36 Å². The smallest absolute Gasteiger partial charge is 0.139 e. The van der Waals surface area contributed by atoms with Gasteiger partial charge in [-0.2, -0.15) is 0 Å². The summed E-state index contributed by atoms with van der Waals surface area (Å²) in [6.07, 6.45) is 2.57. The molecule has 66 valence electrons. The summed E-state index contributed by atoms with van der Waals surface area (Å²) in [6, 6.07) is 6.01. The van der Waals surface area contributed by atoms with E-state index in [1.165, 1.54) is 5.56 Å². The van der Waals surface area contributed by atoms with Crippen LogP contribution >= 0.6 is 0 Å². The zero-order valence-electron chi connectivity index (χ0n) is 7.40. The molecule has 0 unspecified atom stereocenters. The molecule has 0 fully saturated rings. The standard InChI is InChI=1S/C10H10N2O/c1-8-2-3-9-10(6-8)12(4-5-13)7-11-9/h2-3,5-7H,4H2,1H3. The Morgan fingerprint density at radius 2 is 2.38 bits per heavy atom. The van der Waals surface area contributed by atoms with Gasteiger partial charge >= 0.3 is 0 Å². The minimum Gasteiger partial charge on any atom is -0.323 e. The zero-order chi connectivity index (χ0) is 9.26. The molecule has 0 radical (unpaired) electrons. The van der Waals surface area contributed by atoms with Gasteiger partial charge in [-0.1, -0.05) is 6.07 Å². The predicted molar refractivity (Wildman–Crippen MR) is 50.5 cm³/mol. The highest BCUT2D eigenvalue weighted by Gasteiger charge is 2.00. The topological polar surface area (TPSA) is 34.9 Å². The lowest BCUT2D eigenvalue weighted by Crippen LogP contribution is -1.96. The van der Waals surface area contributed by atoms with Gasteiger partial charge in [0.25, 0.3) is 0 Å². The first-order valence-corrected chi connectivity index (χ1v) is 4.16. The predicted octanol–water partition coefficient (Wildman–Crippen LogP) is 1.54. The van der Waals surface area contributed by atoms with Crippen LogP contribution < -0.4 is 0 Å². The van der Waals surface area contributed by atoms with E-state index >= 15 is 0 Å². The molecule has 0 saturated heterocycles. The highest BCUT2D eigenvalue weighted by Crippen LogP contribution is 2.13. The van der Waals surface area contributed by atoms with Gasteiger partial charge in [-0.25, -0.2) is 4.98 Å². The molecule has 0 spiro atoms. The first-order chi connectivity index (χ1) is 6.31. The molecule has 2 rings (SSSR count). The van der Waals surface area contributed by atoms with Crippen LogP contribution in [0.1, 0.15) is 5.56 Å². The highest BCUT2D eigenvalue weighted by molar-refractivity contribution is 5.76. The Morgan fingerprint density at radius 1 is 1.54 bits per heavy atom. The Morgan fingerprint density at radius 3 is 3.15 bits per heavy atom. The van der Waals surface area contributed by atoms with E-state index in [-0.39, 0.29) is 0 Å². The Kier molecular flexibility index (Phi) is 1.85. The number of imidazole rings is 1. The van der Waals surface area contributed by atoms with E-state index in [9.17, 15) is 4.79 Å². The molecule has 0 aliphatic heterocycles. The molecule has 3 nitrogen and oxygen atoms in total. The summed E-state index contributed by atoms with van der Waals surface area (Å²) in [6.45, 7) is 2.40. The highest BCUT2D eigenvalue weighted by atomic mass is 16.1. The number of aldehydes is 1. The van der Waals surface area contributed by atoms with E-state index < -0.39 is 0 Å². The number of hydrogen-bond acceptors (Lipinski definition) is 2. The van der Waals surface area contributed by atoms with Gasteiger partial charge in [-0.05, 0) is 24.6 Å². The molecule has 0 bridgehead atoms. The molecule has 2 aromatic rings. The fraction of sp³-hybridized carbons (Fsp3) is 0.200. The van der Waals surface area contributed by atoms with Crippen molar-refractivity contribution in [2.75, 3.05) is 0 Å². The Bertz CT molecular complexity index is 445. The van der Waals surface area contributed by atoms with Crippen molar-refractivity contribution in [2.24, 2.45) is 0 Å². The molecule has 13 heavy (non-hydrogen) atoms. The second kappa shape index (κ2) is 3.01. The molecule has 1 heterocycles. The van der Waals surface area contributed by atoms with E-state index in [0.29, 0.717) is 6.54 Å². The minimum atomic E-state index is 0.375. The molecule has 0 N–H and O–H groups in total. The second-order valence-corrected chi connectivity index (χ2v) is 3.06. The average molecular weight is 174 g/mol. The summed E-state index contributed by atoms with van der Waals surface area (Å²) in [7, 11) is 0. The van der Waals surface area contributed by atoms with E-state index in [0.717, 1.165) is 17.3 Å². The molecule has 1 aromatic carbocycles. The van der Waals surface area contributed by atoms with Crippen LogP contribution in [0.5, 0.6) is 0 Å². The molecule has 0 saturated carbocycles. The third-order valence-corrected chi connectivity index (χ3v) is 2.05. The third-order valence-electron chi connectivity index (χ3n) is 2.05. The summed E-state index contributed by atoms with van der Waals surface area (Å²) < 4.78 is 1.84. The van der Waals surface area contributed by atoms with Crippen LogP contribution in [0.2, 0.25) is 0 Å². The van der Waals surface area contributed by atoms with Gasteiger partial charge in [-0.3, -0.25) is 0 Å². The summed E-state index contributed by atoms with van der Waals surface area (Å²) in [5.41, 5.74) is 3.14. The largest absolute Gasteiger partial charge is 0.323 e. The van der Waals surface area contributed by atoms with Crippen molar-refractivity contribution in [1.29, 1.82) is 0 Å². The van der Waals surface area contributed by atoms with E-state index in [2.05, 4.69) is 4.98 Å². The molecular weight excluding hydrogens is 164 g/mol. The number of carbonyl (C=O) groups excluding carboxylic acids is 1. The minimum absolute atomic E-state index is 0.375. The molecule has 0 aliphatic carbocycles. The summed E-state index contributed by atoms with van der Waals surface area (Å²) in [5.74, 6) is 0. The van der Waals surface area contributed by atoms with Crippen molar-refractivity contribution in [3.8, 4) is 0 Å². The fourth-order valence-corrected chi connectivity index (χ4v) is 1.39. The first kappa shape index (κ1) is 7.98. The summed E-state index contributed by atoms with van der Waals surface area (Å²) in [5, 5.41) is 0. The van der Waals surface area contributed by atoms with Gasteiger partial charge in [0, 0.05) is 0 Å². The Labute approximate surface area is 76.0 Å². The van der Waals surface area contributed by atoms with Crippen LogP contribution in [0.15, 0.2) is 24.5 Å². The van der Waals surface area contributed by atoms with Crippen molar-refractivity contribution in [2.45, 2.75) is 13.5 Å². The van der Waals surface area contributed by atoms with E-state index in [1.807, 2.05) is 29.7 Å². The zero-order valence-corrected chi connectivity index (χ0v) is 7.40. The number of benzene rings is 1. The molecule has 0 amide bonds. The number of aromatic nitrogens is 2. The number of hydrogen-bond donors (Lipinski definition) is 0. The van der Waals surface area contributed by atoms with Crippen LogP contribution in [-0.4, -0.2) is 15.8 Å². The van der Waals surface area contributed by atoms with Crippen LogP contribution in [-0.2, 0) is 11.3 Å². The molecule has 3 heteroatoms. The van der Waals surface area contributed by atoms with Crippen LogP contribution in [0.4, 0.5) is 0 Å². The monoisotopic (exact) mass is 174 g/mol. The Hall–Kier alpha value is -1.64. The quantitative estimate of drug-likeness (QED) is 0.647. The van der Waals surface area contributed by atoms with E-state index in [4.69, 9.17) is 0 Å². The van der Waals surface area contributed by atoms with Crippen molar-refractivity contribution in [1.82, 2.24) is 9.55 Å². The van der Waals surface area contributed by atoms with Crippen LogP contribution in [0, 0.1) is 6.92 Å². The fourth-order valence-electron chi connectivity index (χ4n) is 1.39. The molecule has 0 aliphatic rings. The number of fused-ring (bicyclic) bond motifs is 1. The summed E-state index contributed by atoms with van der Waals surface area (Å²) in [4.78, 5) is 14.5. The van der Waals surface area contributed by atoms with E-state index in [1.54, 1.807) is 6.33 Å². The van der Waals surface area contributed by atoms with Crippen molar-refractivity contribution in [3.05, 3.63) is 30.1 Å². The van der Waals surface area contributed by atoms with Gasteiger partial charge in [0.1, 0.15) is 6.29 Å². The third kappa shape index (κ3) is 1.33. The molecule has 0 atom stereocenters. The maximum atomic E-state index is 10.4. The van der Waals surface area contributed by atoms with Gasteiger partial charge in [0.05, 0.1) is 23.9 Å². The average Bonchev–Trinajstić information content (AvgIpc) is 2.49. The van der Waals surface area contributed by atoms with Gasteiger partial charge in [0.15, 0.2) is 0 Å². The number of carbonyl (C=O) groups is 1. The number of aryl methyl sites for hydroxylation is 1. The lowest BCUT2D eigenvalue weighted by Gasteiger charge is -1.98. The Balaban J connectivity index is 2.64. The molecular formula is C10H10N2O. The summed E-state index contributed by atoms with van der Waals surface area (Å²) >= 11 is 0. The lowest BCUT2D eigenvalue weighted by molar-refractivity contribution is -0.108. The van der Waals surface area contributed by atoms with Crippen LogP contribution in [0.3, 0.4) is 0 Å². The van der Waals surface area contributed by atoms with Crippen molar-refractivity contribution < 1.29 is 4.79 Å². The SMILES string of the molecule is Cc1ccc2ncn(CC=O)c2c1. The van der Waals surface area contributed by atoms with Crippen molar-refractivity contribution in [3.63, 3.8) is 0 Å². The van der Waals surface area contributed by atoms with Crippen molar-refractivity contribution >= 4 is 17.3 Å². The van der Waals surface area contributed by atoms with Crippen LogP contribution in [0.25, 0.3) is 11.0 Å². The molecule has 1 aromatic heterocycles. The maximum absolute atomic E-state index is 10.4. The second-order valence-electron chi connectivity index (χ2n) is 3.06. The number of rotatable bonds is 2. The lowest BCUT2D eigenvalue weighted by atomic mass is 10.2. The van der Waals surface area contributed by atoms with Gasteiger partial charge in [-0.15, -0.1) is 0 Å². The first-order valence-electron chi connectivity index (χ1n) is 4.16. The van der Waals surface area contributed by atoms with Gasteiger partial charge in [0.2, 0.25) is 0 Å². The maximum Gasteiger partial charge on any atom is 0.139 e. The number of nitrogens with zero attached hydrogens (tertiary/aromatic N) is 2. The normalized spacial score (nSPS) is 10.5.